The number of nitrogens with one attached hydrogen (secondary N) is 2. The number of aromatic nitrogens is 3. The molecular weight excluding hydrogens is 358 g/mol. The first-order valence-corrected chi connectivity index (χ1v) is 8.95. The van der Waals surface area contributed by atoms with E-state index in [4.69, 9.17) is 16.7 Å². The number of nitrogens with zero attached hydrogens (tertiary/aromatic N) is 3. The number of rotatable bonds is 6. The van der Waals surface area contributed by atoms with Gasteiger partial charge in [0.2, 0.25) is 0 Å². The topological polar surface area (TPSA) is 54.8 Å². The van der Waals surface area contributed by atoms with Gasteiger partial charge >= 0.3 is 0 Å². The van der Waals surface area contributed by atoms with Crippen molar-refractivity contribution in [1.29, 1.82) is 0 Å². The highest BCUT2D eigenvalue weighted by atomic mass is 35.5. The molecule has 134 valence electrons. The molecule has 0 saturated heterocycles. The minimum absolute atomic E-state index is 0.679. The molecule has 0 aliphatic rings. The SMILES string of the molecule is Clc1cccc(Nc2cn(Cc3ccccc3)nc2Nc2cccnc2)c1. The van der Waals surface area contributed by atoms with Crippen molar-refractivity contribution >= 4 is 34.5 Å². The van der Waals surface area contributed by atoms with Crippen LogP contribution in [-0.4, -0.2) is 14.8 Å². The zero-order valence-electron chi connectivity index (χ0n) is 14.5. The van der Waals surface area contributed by atoms with Crippen molar-refractivity contribution in [2.24, 2.45) is 0 Å². The van der Waals surface area contributed by atoms with Crippen LogP contribution in [0, 0.1) is 0 Å². The lowest BCUT2D eigenvalue weighted by atomic mass is 10.2. The minimum atomic E-state index is 0.679. The molecule has 2 aromatic carbocycles. The number of hydrogen-bond donors (Lipinski definition) is 2. The Morgan fingerprint density at radius 2 is 1.74 bits per heavy atom. The van der Waals surface area contributed by atoms with Crippen molar-refractivity contribution in [1.82, 2.24) is 14.8 Å². The zero-order chi connectivity index (χ0) is 18.5. The van der Waals surface area contributed by atoms with Gasteiger partial charge in [0, 0.05) is 16.9 Å². The predicted molar refractivity (Wildman–Crippen MR) is 110 cm³/mol. The van der Waals surface area contributed by atoms with Gasteiger partial charge in [-0.15, -0.1) is 0 Å². The molecule has 0 aliphatic heterocycles. The Bertz CT molecular complexity index is 1020. The van der Waals surface area contributed by atoms with Gasteiger partial charge in [0.25, 0.3) is 0 Å². The van der Waals surface area contributed by atoms with Crippen LogP contribution in [0.3, 0.4) is 0 Å². The van der Waals surface area contributed by atoms with E-state index in [0.29, 0.717) is 11.6 Å². The maximum absolute atomic E-state index is 6.11. The van der Waals surface area contributed by atoms with E-state index in [2.05, 4.69) is 27.8 Å². The molecule has 2 N–H and O–H groups in total. The summed E-state index contributed by atoms with van der Waals surface area (Å²) in [6.07, 6.45) is 5.48. The van der Waals surface area contributed by atoms with Gasteiger partial charge < -0.3 is 10.6 Å². The molecule has 0 unspecified atom stereocenters. The minimum Gasteiger partial charge on any atom is -0.351 e. The Morgan fingerprint density at radius 3 is 2.52 bits per heavy atom. The van der Waals surface area contributed by atoms with Crippen LogP contribution in [0.15, 0.2) is 85.3 Å². The zero-order valence-corrected chi connectivity index (χ0v) is 15.3. The normalized spacial score (nSPS) is 10.6. The van der Waals surface area contributed by atoms with Crippen LogP contribution in [0.25, 0.3) is 0 Å². The summed E-state index contributed by atoms with van der Waals surface area (Å²) in [5.41, 5.74) is 3.81. The lowest BCUT2D eigenvalue weighted by Crippen LogP contribution is -2.01. The molecule has 0 spiro atoms. The second-order valence-corrected chi connectivity index (χ2v) is 6.51. The van der Waals surface area contributed by atoms with Crippen molar-refractivity contribution < 1.29 is 0 Å². The molecule has 5 nitrogen and oxygen atoms in total. The number of hydrogen-bond acceptors (Lipinski definition) is 4. The summed E-state index contributed by atoms with van der Waals surface area (Å²) in [6, 6.07) is 21.7. The van der Waals surface area contributed by atoms with E-state index in [0.717, 1.165) is 22.9 Å². The van der Waals surface area contributed by atoms with Crippen LogP contribution in [0.5, 0.6) is 0 Å². The van der Waals surface area contributed by atoms with Crippen LogP contribution in [0.4, 0.5) is 22.9 Å². The number of pyridine rings is 1. The predicted octanol–water partition coefficient (Wildman–Crippen LogP) is 5.47. The first-order chi connectivity index (χ1) is 13.3. The maximum atomic E-state index is 6.11. The largest absolute Gasteiger partial charge is 0.351 e. The molecule has 0 aliphatic carbocycles. The standard InChI is InChI=1S/C21H18ClN5/c22-17-8-4-9-18(12-17)24-20-15-27(14-16-6-2-1-3-7-16)26-21(20)25-19-10-5-11-23-13-19/h1-13,15,24H,14H2,(H,25,26). The van der Waals surface area contributed by atoms with Crippen molar-refractivity contribution in [3.63, 3.8) is 0 Å². The molecule has 4 rings (SSSR count). The first kappa shape index (κ1) is 17.1. The van der Waals surface area contributed by atoms with Crippen LogP contribution in [-0.2, 0) is 6.54 Å². The third-order valence-corrected chi connectivity index (χ3v) is 4.21. The highest BCUT2D eigenvalue weighted by Gasteiger charge is 2.11. The van der Waals surface area contributed by atoms with E-state index in [1.165, 1.54) is 5.56 Å². The van der Waals surface area contributed by atoms with Gasteiger partial charge in [0.15, 0.2) is 5.82 Å². The number of anilines is 4. The molecule has 0 amide bonds. The van der Waals surface area contributed by atoms with Crippen molar-refractivity contribution in [2.45, 2.75) is 6.54 Å². The summed E-state index contributed by atoms with van der Waals surface area (Å²) >= 11 is 6.11. The smallest absolute Gasteiger partial charge is 0.176 e. The second-order valence-electron chi connectivity index (χ2n) is 6.08. The van der Waals surface area contributed by atoms with E-state index in [-0.39, 0.29) is 0 Å². The summed E-state index contributed by atoms with van der Waals surface area (Å²) in [4.78, 5) is 4.15. The van der Waals surface area contributed by atoms with Gasteiger partial charge in [0.1, 0.15) is 5.69 Å². The van der Waals surface area contributed by atoms with Crippen molar-refractivity contribution in [2.75, 3.05) is 10.6 Å². The fourth-order valence-electron chi connectivity index (χ4n) is 2.75. The Hall–Kier alpha value is -3.31. The molecule has 4 aromatic rings. The van der Waals surface area contributed by atoms with Crippen LogP contribution in [0.1, 0.15) is 5.56 Å². The Labute approximate surface area is 162 Å². The molecular formula is C21H18ClN5. The quantitative estimate of drug-likeness (QED) is 0.469. The lowest BCUT2D eigenvalue weighted by molar-refractivity contribution is 0.690. The van der Waals surface area contributed by atoms with Gasteiger partial charge in [-0.1, -0.05) is 48.0 Å². The first-order valence-electron chi connectivity index (χ1n) is 8.57. The van der Waals surface area contributed by atoms with Gasteiger partial charge in [0.05, 0.1) is 24.6 Å². The van der Waals surface area contributed by atoms with Crippen LogP contribution >= 0.6 is 11.6 Å². The van der Waals surface area contributed by atoms with Crippen LogP contribution in [0.2, 0.25) is 5.02 Å². The van der Waals surface area contributed by atoms with E-state index in [9.17, 15) is 0 Å². The van der Waals surface area contributed by atoms with E-state index in [1.54, 1.807) is 12.4 Å². The average Bonchev–Trinajstić information content (AvgIpc) is 3.04. The van der Waals surface area contributed by atoms with Crippen molar-refractivity contribution in [3.05, 3.63) is 95.9 Å². The highest BCUT2D eigenvalue weighted by Crippen LogP contribution is 2.28. The average molecular weight is 376 g/mol. The summed E-state index contributed by atoms with van der Waals surface area (Å²) < 4.78 is 1.90. The lowest BCUT2D eigenvalue weighted by Gasteiger charge is -2.08. The van der Waals surface area contributed by atoms with Crippen LogP contribution < -0.4 is 10.6 Å². The summed E-state index contributed by atoms with van der Waals surface area (Å²) in [5, 5.41) is 12.1. The third kappa shape index (κ3) is 4.46. The Balaban J connectivity index is 1.64. The Kier molecular flexibility index (Phi) is 5.03. The van der Waals surface area contributed by atoms with Gasteiger partial charge in [-0.25, -0.2) is 0 Å². The number of benzene rings is 2. The van der Waals surface area contributed by atoms with Crippen molar-refractivity contribution in [3.8, 4) is 0 Å². The number of halogens is 1. The molecule has 0 saturated carbocycles. The van der Waals surface area contributed by atoms with E-state index in [1.807, 2.05) is 65.5 Å². The molecule has 0 fully saturated rings. The highest BCUT2D eigenvalue weighted by molar-refractivity contribution is 6.30. The summed E-state index contributed by atoms with van der Waals surface area (Å²) in [6.45, 7) is 0.680. The van der Waals surface area contributed by atoms with E-state index < -0.39 is 0 Å². The molecule has 0 atom stereocenters. The monoisotopic (exact) mass is 375 g/mol. The fourth-order valence-corrected chi connectivity index (χ4v) is 2.94. The molecule has 2 heterocycles. The second kappa shape index (κ2) is 7.93. The molecule has 6 heteroatoms. The molecule has 0 bridgehead atoms. The third-order valence-electron chi connectivity index (χ3n) is 3.98. The molecule has 2 aromatic heterocycles. The molecule has 27 heavy (non-hydrogen) atoms. The molecule has 0 radical (unpaired) electrons. The van der Waals surface area contributed by atoms with Gasteiger partial charge in [-0.3, -0.25) is 9.67 Å². The summed E-state index contributed by atoms with van der Waals surface area (Å²) in [5.74, 6) is 0.721. The Morgan fingerprint density at radius 1 is 0.889 bits per heavy atom. The fraction of sp³-hybridized carbons (Fsp3) is 0.0476. The van der Waals surface area contributed by atoms with Gasteiger partial charge in [-0.2, -0.15) is 5.10 Å². The van der Waals surface area contributed by atoms with Gasteiger partial charge in [-0.05, 0) is 35.9 Å². The summed E-state index contributed by atoms with van der Waals surface area (Å²) in [7, 11) is 0. The van der Waals surface area contributed by atoms with E-state index >= 15 is 0 Å². The maximum Gasteiger partial charge on any atom is 0.176 e.